The van der Waals surface area contributed by atoms with E-state index in [9.17, 15) is 25.2 Å². The molecule has 0 bridgehead atoms. The fourth-order valence-electron chi connectivity index (χ4n) is 1.60. The van der Waals surface area contributed by atoms with E-state index in [-0.39, 0.29) is 23.5 Å². The number of rotatable bonds is 8. The molecular formula is C13H18O8. The van der Waals surface area contributed by atoms with Crippen molar-refractivity contribution in [1.82, 2.24) is 0 Å². The maximum absolute atomic E-state index is 11.0. The number of phenols is 1. The number of methoxy groups -OCH3 is 1. The van der Waals surface area contributed by atoms with Crippen molar-refractivity contribution in [2.24, 2.45) is 0 Å². The van der Waals surface area contributed by atoms with E-state index in [1.54, 1.807) is 0 Å². The number of phenolic OH excluding ortho intramolecular Hbond substituents is 1. The summed E-state index contributed by atoms with van der Waals surface area (Å²) in [7, 11) is 1.33. The second-order valence-corrected chi connectivity index (χ2v) is 4.28. The largest absolute Gasteiger partial charge is 0.504 e. The first-order valence-electron chi connectivity index (χ1n) is 6.08. The van der Waals surface area contributed by atoms with Gasteiger partial charge in [-0.1, -0.05) is 0 Å². The van der Waals surface area contributed by atoms with Crippen molar-refractivity contribution >= 4 is 6.29 Å². The Morgan fingerprint density at radius 3 is 2.43 bits per heavy atom. The molecule has 4 atom stereocenters. The molecule has 0 heterocycles. The zero-order valence-corrected chi connectivity index (χ0v) is 11.3. The minimum Gasteiger partial charge on any atom is -0.504 e. The van der Waals surface area contributed by atoms with Crippen LogP contribution in [0.15, 0.2) is 18.2 Å². The first kappa shape index (κ1) is 17.2. The summed E-state index contributed by atoms with van der Waals surface area (Å²) in [6.07, 6.45) is -6.35. The van der Waals surface area contributed by atoms with Crippen LogP contribution < -0.4 is 9.47 Å². The van der Waals surface area contributed by atoms with Gasteiger partial charge in [-0.05, 0) is 12.1 Å². The molecule has 0 fully saturated rings. The van der Waals surface area contributed by atoms with Gasteiger partial charge >= 0.3 is 0 Å². The van der Waals surface area contributed by atoms with Crippen molar-refractivity contribution in [1.29, 1.82) is 0 Å². The highest BCUT2D eigenvalue weighted by molar-refractivity contribution is 5.58. The van der Waals surface area contributed by atoms with E-state index in [4.69, 9.17) is 14.6 Å². The van der Waals surface area contributed by atoms with Crippen LogP contribution in [0.25, 0.3) is 0 Å². The van der Waals surface area contributed by atoms with Crippen LogP contribution in [-0.4, -0.2) is 70.0 Å². The topological polar surface area (TPSA) is 137 Å². The molecule has 0 amide bonds. The quantitative estimate of drug-likeness (QED) is 0.363. The lowest BCUT2D eigenvalue weighted by Gasteiger charge is -2.26. The van der Waals surface area contributed by atoms with Gasteiger partial charge in [0.05, 0.1) is 13.7 Å². The van der Waals surface area contributed by atoms with E-state index in [2.05, 4.69) is 0 Å². The normalized spacial score (nSPS) is 16.6. The molecule has 0 spiro atoms. The predicted molar refractivity (Wildman–Crippen MR) is 70.2 cm³/mol. The molecule has 0 radical (unpaired) electrons. The lowest BCUT2D eigenvalue weighted by atomic mass is 10.0. The molecule has 0 unspecified atom stereocenters. The molecule has 0 saturated heterocycles. The van der Waals surface area contributed by atoms with Crippen molar-refractivity contribution < 1.29 is 39.8 Å². The van der Waals surface area contributed by atoms with Crippen LogP contribution >= 0.6 is 0 Å². The molecule has 5 N–H and O–H groups in total. The second kappa shape index (κ2) is 7.79. The fraction of sp³-hybridized carbons (Fsp3) is 0.462. The molecule has 1 aromatic rings. The average Bonchev–Trinajstić information content (AvgIpc) is 2.51. The molecular weight excluding hydrogens is 284 g/mol. The van der Waals surface area contributed by atoms with Gasteiger partial charge in [-0.15, -0.1) is 0 Å². The predicted octanol–water partition coefficient (Wildman–Crippen LogP) is -1.58. The summed E-state index contributed by atoms with van der Waals surface area (Å²) in [6, 6.07) is 3.88. The maximum atomic E-state index is 11.0. The number of aliphatic hydroxyl groups is 4. The standard InChI is InChI=1S/C13H18O8/c1-20-10-4-7(2-3-8(10)16)21-11(6-15)13(19)12(18)9(17)5-14/h2-4,6,9,11-14,16-19H,5H2,1H3/t9-,11+,12-,13-/m1/s1. The van der Waals surface area contributed by atoms with Crippen LogP contribution in [0, 0.1) is 0 Å². The Kier molecular flexibility index (Phi) is 6.38. The molecule has 1 rings (SSSR count). The first-order valence-corrected chi connectivity index (χ1v) is 6.08. The average molecular weight is 302 g/mol. The number of hydrogen-bond donors (Lipinski definition) is 5. The Balaban J connectivity index is 2.84. The number of carbonyl (C=O) groups excluding carboxylic acids is 1. The van der Waals surface area contributed by atoms with E-state index in [1.807, 2.05) is 0 Å². The third-order valence-corrected chi connectivity index (χ3v) is 2.83. The van der Waals surface area contributed by atoms with Gasteiger partial charge in [0.15, 0.2) is 23.9 Å². The first-order chi connectivity index (χ1) is 9.94. The summed E-state index contributed by atoms with van der Waals surface area (Å²) in [5.74, 6) is 0.0675. The van der Waals surface area contributed by atoms with Crippen LogP contribution in [0.5, 0.6) is 17.2 Å². The molecule has 8 heteroatoms. The Labute approximate surface area is 120 Å². The molecule has 0 aliphatic carbocycles. The van der Waals surface area contributed by atoms with Crippen molar-refractivity contribution in [2.75, 3.05) is 13.7 Å². The number of aromatic hydroxyl groups is 1. The minimum absolute atomic E-state index is 0.0996. The van der Waals surface area contributed by atoms with Crippen LogP contribution in [0.2, 0.25) is 0 Å². The van der Waals surface area contributed by atoms with Gasteiger partial charge in [0, 0.05) is 6.07 Å². The number of aldehydes is 1. The number of ether oxygens (including phenoxy) is 2. The summed E-state index contributed by atoms with van der Waals surface area (Å²) in [4.78, 5) is 11.0. The summed E-state index contributed by atoms with van der Waals surface area (Å²) in [5.41, 5.74) is 0. The Morgan fingerprint density at radius 2 is 1.90 bits per heavy atom. The molecule has 8 nitrogen and oxygen atoms in total. The van der Waals surface area contributed by atoms with Gasteiger partial charge in [-0.3, -0.25) is 4.79 Å². The van der Waals surface area contributed by atoms with Crippen molar-refractivity contribution in [2.45, 2.75) is 24.4 Å². The van der Waals surface area contributed by atoms with Gasteiger partial charge in [0.25, 0.3) is 0 Å². The Hall–Kier alpha value is -1.87. The Bertz CT molecular complexity index is 463. The van der Waals surface area contributed by atoms with Crippen molar-refractivity contribution in [3.8, 4) is 17.2 Å². The highest BCUT2D eigenvalue weighted by atomic mass is 16.5. The van der Waals surface area contributed by atoms with Gasteiger partial charge in [-0.2, -0.15) is 0 Å². The van der Waals surface area contributed by atoms with Crippen LogP contribution in [-0.2, 0) is 4.79 Å². The maximum Gasteiger partial charge on any atom is 0.182 e. The lowest BCUT2D eigenvalue weighted by molar-refractivity contribution is -0.133. The third kappa shape index (κ3) is 4.30. The SMILES string of the molecule is COc1cc(O[C@@H](C=O)[C@@H](O)[C@H](O)[C@H](O)CO)ccc1O. The molecule has 0 aliphatic heterocycles. The molecule has 118 valence electrons. The number of benzene rings is 1. The number of aliphatic hydroxyl groups excluding tert-OH is 4. The van der Waals surface area contributed by atoms with Gasteiger partial charge in [0.1, 0.15) is 24.1 Å². The molecule has 0 aromatic heterocycles. The zero-order valence-electron chi connectivity index (χ0n) is 11.3. The third-order valence-electron chi connectivity index (χ3n) is 2.83. The number of carbonyl (C=O) groups is 1. The highest BCUT2D eigenvalue weighted by Gasteiger charge is 2.32. The zero-order chi connectivity index (χ0) is 16.0. The van der Waals surface area contributed by atoms with Gasteiger partial charge in [-0.25, -0.2) is 0 Å². The summed E-state index contributed by atoms with van der Waals surface area (Å²) in [5, 5.41) is 46.7. The van der Waals surface area contributed by atoms with Crippen LogP contribution in [0.4, 0.5) is 0 Å². The summed E-state index contributed by atoms with van der Waals surface area (Å²) >= 11 is 0. The van der Waals surface area contributed by atoms with Crippen LogP contribution in [0.1, 0.15) is 0 Å². The smallest absolute Gasteiger partial charge is 0.182 e. The molecule has 0 aliphatic rings. The summed E-state index contributed by atoms with van der Waals surface area (Å²) < 4.78 is 10.0. The Morgan fingerprint density at radius 1 is 1.24 bits per heavy atom. The van der Waals surface area contributed by atoms with E-state index in [0.717, 1.165) is 0 Å². The second-order valence-electron chi connectivity index (χ2n) is 4.28. The molecule has 1 aromatic carbocycles. The number of hydrogen-bond acceptors (Lipinski definition) is 8. The van der Waals surface area contributed by atoms with Crippen molar-refractivity contribution in [3.63, 3.8) is 0 Å². The van der Waals surface area contributed by atoms with E-state index >= 15 is 0 Å². The van der Waals surface area contributed by atoms with E-state index in [0.29, 0.717) is 0 Å². The van der Waals surface area contributed by atoms with E-state index < -0.39 is 31.0 Å². The minimum atomic E-state index is -1.76. The highest BCUT2D eigenvalue weighted by Crippen LogP contribution is 2.30. The van der Waals surface area contributed by atoms with Crippen molar-refractivity contribution in [3.05, 3.63) is 18.2 Å². The molecule has 0 saturated carbocycles. The van der Waals surface area contributed by atoms with E-state index in [1.165, 1.54) is 25.3 Å². The lowest BCUT2D eigenvalue weighted by Crippen LogP contribution is -2.48. The molecule has 21 heavy (non-hydrogen) atoms. The van der Waals surface area contributed by atoms with Gasteiger partial charge in [0.2, 0.25) is 0 Å². The summed E-state index contributed by atoms with van der Waals surface area (Å²) in [6.45, 7) is -0.781. The monoisotopic (exact) mass is 302 g/mol. The fourth-order valence-corrected chi connectivity index (χ4v) is 1.60. The van der Waals surface area contributed by atoms with Gasteiger partial charge < -0.3 is 35.0 Å². The van der Waals surface area contributed by atoms with Crippen LogP contribution in [0.3, 0.4) is 0 Å².